The van der Waals surface area contributed by atoms with Crippen molar-refractivity contribution < 1.29 is 87.6 Å². The molecule has 9 heteroatoms. The molecule has 13 heavy (non-hydrogen) atoms. The van der Waals surface area contributed by atoms with Crippen molar-refractivity contribution in [2.75, 3.05) is 0 Å². The monoisotopic (exact) mass is 225 g/mol. The maximum atomic E-state index is 9.74. The molecule has 0 saturated carbocycles. The van der Waals surface area contributed by atoms with Gasteiger partial charge in [-0.1, -0.05) is 0 Å². The third-order valence-electron chi connectivity index (χ3n) is 0.697. The first-order chi connectivity index (χ1) is 4.04. The summed E-state index contributed by atoms with van der Waals surface area (Å²) in [6, 6.07) is -1.40. The molecule has 0 saturated heterocycles. The molecule has 0 rings (SSSR count). The van der Waals surface area contributed by atoms with Crippen LogP contribution in [0.15, 0.2) is 0 Å². The molecule has 0 spiro atoms. The fourth-order valence-corrected chi connectivity index (χ4v) is 0.271. The van der Waals surface area contributed by atoms with Gasteiger partial charge < -0.3 is 37.2 Å². The second-order valence-electron chi connectivity index (χ2n) is 1.52. The average Bonchev–Trinajstić information content (AvgIpc) is 1.63. The third kappa shape index (κ3) is 19.0. The number of aliphatic carboxylic acids is 2. The Morgan fingerprint density at radius 2 is 1.62 bits per heavy atom. The molecule has 0 unspecified atom stereocenters. The van der Waals surface area contributed by atoms with Gasteiger partial charge in [-0.25, -0.2) is 0 Å². The van der Waals surface area contributed by atoms with Gasteiger partial charge >= 0.3 is 57.4 Å². The van der Waals surface area contributed by atoms with Crippen LogP contribution in [0.1, 0.15) is 6.42 Å². The molecular formula is C4H12KNO7. The number of rotatable bonds is 3. The van der Waals surface area contributed by atoms with Crippen molar-refractivity contribution in [1.29, 1.82) is 0 Å². The number of hydrogen-bond donors (Lipinski definition) is 2. The van der Waals surface area contributed by atoms with Crippen molar-refractivity contribution in [3.63, 3.8) is 0 Å². The van der Waals surface area contributed by atoms with Gasteiger partial charge in [-0.15, -0.1) is 0 Å². The van der Waals surface area contributed by atoms with E-state index < -0.39 is 24.4 Å². The van der Waals surface area contributed by atoms with Gasteiger partial charge in [0.05, 0.1) is 18.4 Å². The molecule has 0 radical (unpaired) electrons. The fourth-order valence-electron chi connectivity index (χ4n) is 0.271. The van der Waals surface area contributed by atoms with Gasteiger partial charge in [-0.3, -0.25) is 4.79 Å². The Bertz CT molecular complexity index is 140. The van der Waals surface area contributed by atoms with Crippen molar-refractivity contribution in [3.8, 4) is 0 Å². The minimum Gasteiger partial charge on any atom is -0.548 e. The van der Waals surface area contributed by atoms with E-state index in [4.69, 9.17) is 10.8 Å². The van der Waals surface area contributed by atoms with Crippen molar-refractivity contribution in [2.45, 2.75) is 12.5 Å². The summed E-state index contributed by atoms with van der Waals surface area (Å²) < 4.78 is 0. The molecule has 8 nitrogen and oxygen atoms in total. The summed E-state index contributed by atoms with van der Waals surface area (Å²) in [6.07, 6.45) is -0.595. The zero-order valence-electron chi connectivity index (χ0n) is 7.03. The van der Waals surface area contributed by atoms with E-state index in [-0.39, 0.29) is 67.8 Å². The van der Waals surface area contributed by atoms with Gasteiger partial charge in [-0.2, -0.15) is 0 Å². The molecule has 0 aromatic rings. The Balaban J connectivity index is -0.0000000533. The first-order valence-corrected chi connectivity index (χ1v) is 2.22. The SMILES string of the molecule is N[C@@H](CC(=O)O)C(=O)[O-].O.O.O.[K+]. The molecule has 76 valence electrons. The van der Waals surface area contributed by atoms with E-state index in [0.717, 1.165) is 0 Å². The van der Waals surface area contributed by atoms with Crippen molar-refractivity contribution >= 4 is 11.9 Å². The van der Waals surface area contributed by atoms with Crippen LogP contribution in [0.2, 0.25) is 0 Å². The molecule has 0 aliphatic carbocycles. The number of carbonyl (C=O) groups excluding carboxylic acids is 1. The Labute approximate surface area is 116 Å². The van der Waals surface area contributed by atoms with E-state index in [0.29, 0.717) is 0 Å². The summed E-state index contributed by atoms with van der Waals surface area (Å²) >= 11 is 0. The van der Waals surface area contributed by atoms with Crippen LogP contribution in [0.3, 0.4) is 0 Å². The molecule has 0 bridgehead atoms. The van der Waals surface area contributed by atoms with Crippen LogP contribution in [0.4, 0.5) is 0 Å². The normalized spacial score (nSPS) is 8.69. The zero-order chi connectivity index (χ0) is 7.44. The third-order valence-corrected chi connectivity index (χ3v) is 0.697. The van der Waals surface area contributed by atoms with Crippen molar-refractivity contribution in [1.82, 2.24) is 0 Å². The fraction of sp³-hybridized carbons (Fsp3) is 0.500. The molecule has 0 amide bonds. The Morgan fingerprint density at radius 3 is 1.69 bits per heavy atom. The van der Waals surface area contributed by atoms with E-state index >= 15 is 0 Å². The quantitative estimate of drug-likeness (QED) is 0.448. The van der Waals surface area contributed by atoms with Crippen molar-refractivity contribution in [2.24, 2.45) is 5.73 Å². The van der Waals surface area contributed by atoms with Gasteiger partial charge in [0.15, 0.2) is 0 Å². The van der Waals surface area contributed by atoms with Crippen LogP contribution in [-0.4, -0.2) is 39.5 Å². The molecular weight excluding hydrogens is 213 g/mol. The van der Waals surface area contributed by atoms with Crippen LogP contribution >= 0.6 is 0 Å². The Hall–Kier alpha value is 0.416. The molecule has 0 aliphatic rings. The number of carboxylic acid groups (broad SMARTS) is 2. The minimum absolute atomic E-state index is 0. The first-order valence-electron chi connectivity index (χ1n) is 2.22. The molecule has 9 N–H and O–H groups in total. The average molecular weight is 225 g/mol. The second-order valence-corrected chi connectivity index (χ2v) is 1.52. The van der Waals surface area contributed by atoms with E-state index in [2.05, 4.69) is 0 Å². The first kappa shape index (κ1) is 29.2. The summed E-state index contributed by atoms with van der Waals surface area (Å²) in [6.45, 7) is 0. The largest absolute Gasteiger partial charge is 1.00 e. The predicted molar refractivity (Wildman–Crippen MR) is 36.1 cm³/mol. The number of carboxylic acids is 2. The van der Waals surface area contributed by atoms with E-state index in [1.807, 2.05) is 0 Å². The summed E-state index contributed by atoms with van der Waals surface area (Å²) in [5.41, 5.74) is 4.77. The zero-order valence-corrected chi connectivity index (χ0v) is 10.2. The Morgan fingerprint density at radius 1 is 1.31 bits per heavy atom. The topological polar surface area (TPSA) is 198 Å². The van der Waals surface area contributed by atoms with Gasteiger partial charge in [0, 0.05) is 0 Å². The van der Waals surface area contributed by atoms with Gasteiger partial charge in [0.2, 0.25) is 0 Å². The molecule has 0 aromatic heterocycles. The number of hydrogen-bond acceptors (Lipinski definition) is 4. The molecule has 0 aromatic carbocycles. The van der Waals surface area contributed by atoms with Crippen LogP contribution in [0.25, 0.3) is 0 Å². The summed E-state index contributed by atoms with van der Waals surface area (Å²) in [7, 11) is 0. The molecule has 0 fully saturated rings. The standard InChI is InChI=1S/C4H7NO4.K.3H2O/c5-2(4(8)9)1-3(6)7;;;;/h2H,1,5H2,(H,6,7)(H,8,9);;3*1H2/q;+1;;;/p-1/t2-;;;;/m0..../s1. The van der Waals surface area contributed by atoms with Crippen LogP contribution < -0.4 is 62.2 Å². The summed E-state index contributed by atoms with van der Waals surface area (Å²) in [4.78, 5) is 19.5. The van der Waals surface area contributed by atoms with Crippen LogP contribution in [-0.2, 0) is 9.59 Å². The maximum Gasteiger partial charge on any atom is 1.00 e. The van der Waals surface area contributed by atoms with Crippen LogP contribution in [0.5, 0.6) is 0 Å². The van der Waals surface area contributed by atoms with E-state index in [1.54, 1.807) is 0 Å². The second kappa shape index (κ2) is 14.9. The molecule has 1 atom stereocenters. The van der Waals surface area contributed by atoms with E-state index in [1.165, 1.54) is 0 Å². The van der Waals surface area contributed by atoms with Crippen LogP contribution in [0, 0.1) is 0 Å². The number of carbonyl (C=O) groups is 2. The van der Waals surface area contributed by atoms with E-state index in [9.17, 15) is 14.7 Å². The van der Waals surface area contributed by atoms with Crippen molar-refractivity contribution in [3.05, 3.63) is 0 Å². The van der Waals surface area contributed by atoms with Gasteiger partial charge in [-0.05, 0) is 0 Å². The maximum absolute atomic E-state index is 9.74. The number of nitrogens with two attached hydrogens (primary N) is 1. The molecule has 0 heterocycles. The minimum atomic E-state index is -1.54. The Kier molecular flexibility index (Phi) is 33.5. The smallest absolute Gasteiger partial charge is 0.548 e. The van der Waals surface area contributed by atoms with Gasteiger partial charge in [0.25, 0.3) is 0 Å². The van der Waals surface area contributed by atoms with Gasteiger partial charge in [0.1, 0.15) is 0 Å². The summed E-state index contributed by atoms with van der Waals surface area (Å²) in [5, 5.41) is 17.7. The molecule has 0 aliphatic heterocycles. The predicted octanol–water partition coefficient (Wildman–Crippen LogP) is -7.93. The summed E-state index contributed by atoms with van der Waals surface area (Å²) in [5.74, 6) is -2.79.